The van der Waals surface area contributed by atoms with E-state index >= 15 is 0 Å². The Morgan fingerprint density at radius 1 is 1.00 bits per heavy atom. The molecule has 98 valence electrons. The van der Waals surface area contributed by atoms with Gasteiger partial charge in [0, 0.05) is 0 Å². The van der Waals surface area contributed by atoms with E-state index in [1.165, 1.54) is 18.4 Å². The lowest BCUT2D eigenvalue weighted by Gasteiger charge is -2.05. The Morgan fingerprint density at radius 2 is 1.68 bits per heavy atom. The fourth-order valence-corrected chi connectivity index (χ4v) is 1.85. The third-order valence-electron chi connectivity index (χ3n) is 2.96. The molecule has 0 heterocycles. The van der Waals surface area contributed by atoms with Crippen LogP contribution in [0.3, 0.4) is 0 Å². The maximum Gasteiger partial charge on any atom is 0.343 e. The number of unbranched alkanes of at least 4 members (excludes halogenated alkanes) is 1. The zero-order valence-electron chi connectivity index (χ0n) is 11.1. The number of carbonyl (C=O) groups excluding carboxylic acids is 1. The quantitative estimate of drug-likeness (QED) is 0.589. The van der Waals surface area contributed by atoms with Crippen LogP contribution in [0, 0.1) is 0 Å². The van der Waals surface area contributed by atoms with Gasteiger partial charge in [0.05, 0.1) is 5.56 Å². The van der Waals surface area contributed by atoms with Crippen molar-refractivity contribution in [3.05, 3.63) is 65.7 Å². The molecule has 0 unspecified atom stereocenters. The van der Waals surface area contributed by atoms with E-state index in [0.717, 1.165) is 6.42 Å². The van der Waals surface area contributed by atoms with Gasteiger partial charge in [-0.2, -0.15) is 0 Å². The van der Waals surface area contributed by atoms with Gasteiger partial charge < -0.3 is 4.74 Å². The summed E-state index contributed by atoms with van der Waals surface area (Å²) in [5.74, 6) is 0.274. The molecular weight excluding hydrogens is 236 g/mol. The fraction of sp³-hybridized carbons (Fsp3) is 0.235. The first-order valence-electron chi connectivity index (χ1n) is 6.66. The van der Waals surface area contributed by atoms with Crippen LogP contribution >= 0.6 is 0 Å². The van der Waals surface area contributed by atoms with E-state index in [1.807, 2.05) is 42.5 Å². The van der Waals surface area contributed by atoms with E-state index in [0.29, 0.717) is 11.3 Å². The number of hydrogen-bond acceptors (Lipinski definition) is 2. The van der Waals surface area contributed by atoms with Gasteiger partial charge in [0.2, 0.25) is 0 Å². The second-order valence-electron chi connectivity index (χ2n) is 4.50. The predicted octanol–water partition coefficient (Wildman–Crippen LogP) is 4.25. The van der Waals surface area contributed by atoms with E-state index in [1.54, 1.807) is 12.1 Å². The zero-order valence-corrected chi connectivity index (χ0v) is 11.1. The molecule has 0 atom stereocenters. The molecule has 0 aromatic heterocycles. The van der Waals surface area contributed by atoms with Gasteiger partial charge in [-0.15, -0.1) is 0 Å². The molecule has 2 nitrogen and oxygen atoms in total. The van der Waals surface area contributed by atoms with Gasteiger partial charge in [-0.05, 0) is 42.7 Å². The van der Waals surface area contributed by atoms with E-state index < -0.39 is 0 Å². The van der Waals surface area contributed by atoms with Crippen LogP contribution in [0.2, 0.25) is 0 Å². The Hall–Kier alpha value is -2.09. The summed E-state index contributed by atoms with van der Waals surface area (Å²) in [6.07, 6.45) is 3.44. The number of benzene rings is 2. The molecule has 0 amide bonds. The topological polar surface area (TPSA) is 26.3 Å². The molecule has 2 aromatic rings. The van der Waals surface area contributed by atoms with Gasteiger partial charge in [-0.3, -0.25) is 0 Å². The normalized spacial score (nSPS) is 10.2. The number of carbonyl (C=O) groups is 1. The molecule has 0 fully saturated rings. The molecule has 2 heteroatoms. The van der Waals surface area contributed by atoms with Gasteiger partial charge in [-0.25, -0.2) is 4.79 Å². The highest BCUT2D eigenvalue weighted by molar-refractivity contribution is 5.90. The van der Waals surface area contributed by atoms with Crippen LogP contribution in [0.5, 0.6) is 5.75 Å². The molecule has 0 bridgehead atoms. The second-order valence-corrected chi connectivity index (χ2v) is 4.50. The lowest BCUT2D eigenvalue weighted by molar-refractivity contribution is 0.0734. The Bertz CT molecular complexity index is 515. The Morgan fingerprint density at radius 3 is 2.32 bits per heavy atom. The van der Waals surface area contributed by atoms with Crippen molar-refractivity contribution in [1.29, 1.82) is 0 Å². The number of ether oxygens (including phenoxy) is 1. The highest BCUT2D eigenvalue weighted by Crippen LogP contribution is 2.15. The summed E-state index contributed by atoms with van der Waals surface area (Å²) in [7, 11) is 0. The van der Waals surface area contributed by atoms with Crippen LogP contribution < -0.4 is 4.74 Å². The first-order valence-corrected chi connectivity index (χ1v) is 6.66. The first-order chi connectivity index (χ1) is 9.29. The van der Waals surface area contributed by atoms with Crippen LogP contribution in [0.25, 0.3) is 0 Å². The number of rotatable bonds is 5. The van der Waals surface area contributed by atoms with Crippen molar-refractivity contribution >= 4 is 5.97 Å². The number of hydrogen-bond donors (Lipinski definition) is 0. The lowest BCUT2D eigenvalue weighted by Crippen LogP contribution is -2.08. The molecule has 0 spiro atoms. The minimum atomic E-state index is -0.318. The van der Waals surface area contributed by atoms with Crippen LogP contribution in [-0.2, 0) is 6.42 Å². The average Bonchev–Trinajstić information content (AvgIpc) is 2.47. The summed E-state index contributed by atoms with van der Waals surface area (Å²) in [5, 5.41) is 0. The van der Waals surface area contributed by atoms with Crippen LogP contribution in [0.15, 0.2) is 54.6 Å². The van der Waals surface area contributed by atoms with Crippen LogP contribution in [0.4, 0.5) is 0 Å². The van der Waals surface area contributed by atoms with Crippen molar-refractivity contribution in [2.24, 2.45) is 0 Å². The van der Waals surface area contributed by atoms with Crippen molar-refractivity contribution in [3.8, 4) is 5.75 Å². The van der Waals surface area contributed by atoms with E-state index in [9.17, 15) is 4.79 Å². The summed E-state index contributed by atoms with van der Waals surface area (Å²) in [4.78, 5) is 11.8. The second kappa shape index (κ2) is 6.74. The third kappa shape index (κ3) is 3.95. The molecule has 0 N–H and O–H groups in total. The molecule has 19 heavy (non-hydrogen) atoms. The molecular formula is C17H18O2. The largest absolute Gasteiger partial charge is 0.423 e. The molecule has 2 rings (SSSR count). The van der Waals surface area contributed by atoms with Crippen molar-refractivity contribution in [3.63, 3.8) is 0 Å². The summed E-state index contributed by atoms with van der Waals surface area (Å²) < 4.78 is 5.32. The Labute approximate surface area is 114 Å². The molecule has 0 saturated heterocycles. The van der Waals surface area contributed by atoms with E-state index in [4.69, 9.17) is 4.74 Å². The third-order valence-corrected chi connectivity index (χ3v) is 2.96. The zero-order chi connectivity index (χ0) is 13.5. The Kier molecular flexibility index (Phi) is 4.73. The standard InChI is InChI=1S/C17H18O2/c1-2-3-7-14-10-12-16(13-11-14)19-17(18)15-8-5-4-6-9-15/h4-6,8-13H,2-3,7H2,1H3. The minimum Gasteiger partial charge on any atom is -0.423 e. The minimum absolute atomic E-state index is 0.318. The van der Waals surface area contributed by atoms with Gasteiger partial charge in [-0.1, -0.05) is 43.7 Å². The SMILES string of the molecule is CCCCc1ccc(OC(=O)c2ccccc2)cc1. The van der Waals surface area contributed by atoms with E-state index in [2.05, 4.69) is 6.92 Å². The van der Waals surface area contributed by atoms with Gasteiger partial charge in [0.15, 0.2) is 0 Å². The molecule has 0 aliphatic carbocycles. The highest BCUT2D eigenvalue weighted by Gasteiger charge is 2.07. The average molecular weight is 254 g/mol. The van der Waals surface area contributed by atoms with Crippen LogP contribution in [0.1, 0.15) is 35.7 Å². The number of esters is 1. The van der Waals surface area contributed by atoms with Gasteiger partial charge >= 0.3 is 5.97 Å². The Balaban J connectivity index is 1.98. The fourth-order valence-electron chi connectivity index (χ4n) is 1.85. The van der Waals surface area contributed by atoms with Crippen molar-refractivity contribution in [2.45, 2.75) is 26.2 Å². The van der Waals surface area contributed by atoms with Gasteiger partial charge in [0.25, 0.3) is 0 Å². The van der Waals surface area contributed by atoms with Crippen molar-refractivity contribution in [1.82, 2.24) is 0 Å². The molecule has 0 radical (unpaired) electrons. The van der Waals surface area contributed by atoms with Gasteiger partial charge in [0.1, 0.15) is 5.75 Å². The molecule has 0 aliphatic rings. The van der Waals surface area contributed by atoms with E-state index in [-0.39, 0.29) is 5.97 Å². The summed E-state index contributed by atoms with van der Waals surface area (Å²) in [6, 6.07) is 16.8. The maximum atomic E-state index is 11.8. The summed E-state index contributed by atoms with van der Waals surface area (Å²) in [5.41, 5.74) is 1.85. The lowest BCUT2D eigenvalue weighted by atomic mass is 10.1. The predicted molar refractivity (Wildman–Crippen MR) is 76.5 cm³/mol. The monoisotopic (exact) mass is 254 g/mol. The smallest absolute Gasteiger partial charge is 0.343 e. The highest BCUT2D eigenvalue weighted by atomic mass is 16.5. The summed E-state index contributed by atoms with van der Waals surface area (Å²) in [6.45, 7) is 2.18. The first kappa shape index (κ1) is 13.3. The molecule has 0 saturated carbocycles. The molecule has 2 aromatic carbocycles. The number of aryl methyl sites for hydroxylation is 1. The van der Waals surface area contributed by atoms with Crippen LogP contribution in [-0.4, -0.2) is 5.97 Å². The van der Waals surface area contributed by atoms with Crippen molar-refractivity contribution < 1.29 is 9.53 Å². The summed E-state index contributed by atoms with van der Waals surface area (Å²) >= 11 is 0. The molecule has 0 aliphatic heterocycles. The maximum absolute atomic E-state index is 11.8. The van der Waals surface area contributed by atoms with Crippen molar-refractivity contribution in [2.75, 3.05) is 0 Å².